The second kappa shape index (κ2) is 2.97. The quantitative estimate of drug-likeness (QED) is 0.590. The monoisotopic (exact) mass is 178 g/mol. The fourth-order valence-electron chi connectivity index (χ4n) is 1.34. The van der Waals surface area contributed by atoms with E-state index in [1.165, 1.54) is 0 Å². The number of rotatable bonds is 0. The summed E-state index contributed by atoms with van der Waals surface area (Å²) in [5, 5.41) is 2.63. The zero-order chi connectivity index (χ0) is 9.26. The van der Waals surface area contributed by atoms with Gasteiger partial charge in [-0.05, 0) is 23.8 Å². The van der Waals surface area contributed by atoms with Crippen molar-refractivity contribution in [1.82, 2.24) is 0 Å². The Kier molecular flexibility index (Phi) is 1.81. The van der Waals surface area contributed by atoms with Crippen molar-refractivity contribution in [1.29, 1.82) is 0 Å². The van der Waals surface area contributed by atoms with Crippen LogP contribution in [0, 0.1) is 0 Å². The maximum Gasteiger partial charge on any atom is 0.411 e. The van der Waals surface area contributed by atoms with E-state index < -0.39 is 6.09 Å². The molecule has 0 fully saturated rings. The lowest BCUT2D eigenvalue weighted by Crippen LogP contribution is -2.11. The summed E-state index contributed by atoms with van der Waals surface area (Å²) in [6.45, 7) is 0.405. The molecule has 1 heterocycles. The number of hydrogen-bond acceptors (Lipinski definition) is 3. The Morgan fingerprint density at radius 3 is 3.15 bits per heavy atom. The molecule has 68 valence electrons. The first-order valence-electron chi connectivity index (χ1n) is 4.08. The molecule has 0 atom stereocenters. The van der Waals surface area contributed by atoms with Gasteiger partial charge in [0.1, 0.15) is 0 Å². The molecule has 1 aromatic rings. The summed E-state index contributed by atoms with van der Waals surface area (Å²) in [5.41, 5.74) is 8.13. The zero-order valence-corrected chi connectivity index (χ0v) is 7.04. The number of carbonyl (C=O) groups is 1. The van der Waals surface area contributed by atoms with E-state index in [0.717, 1.165) is 11.3 Å². The number of anilines is 2. The van der Waals surface area contributed by atoms with E-state index in [1.54, 1.807) is 12.1 Å². The van der Waals surface area contributed by atoms with Gasteiger partial charge in [0.25, 0.3) is 0 Å². The van der Waals surface area contributed by atoms with Crippen LogP contribution in [0.3, 0.4) is 0 Å². The fraction of sp³-hybridized carbons (Fsp3) is 0.222. The summed E-state index contributed by atoms with van der Waals surface area (Å²) in [6, 6.07) is 5.39. The van der Waals surface area contributed by atoms with E-state index in [1.807, 2.05) is 6.07 Å². The largest absolute Gasteiger partial charge is 0.449 e. The highest BCUT2D eigenvalue weighted by Crippen LogP contribution is 2.21. The molecule has 0 saturated carbocycles. The van der Waals surface area contributed by atoms with Crippen molar-refractivity contribution in [3.63, 3.8) is 0 Å². The van der Waals surface area contributed by atoms with Crippen LogP contribution in [0.25, 0.3) is 0 Å². The molecule has 1 aliphatic heterocycles. The van der Waals surface area contributed by atoms with Gasteiger partial charge in [-0.15, -0.1) is 0 Å². The van der Waals surface area contributed by atoms with Crippen molar-refractivity contribution >= 4 is 17.5 Å². The van der Waals surface area contributed by atoms with Gasteiger partial charge in [-0.2, -0.15) is 0 Å². The molecule has 0 aliphatic carbocycles. The SMILES string of the molecule is Nc1ccc2c(c1)CCOC(=O)N2. The van der Waals surface area contributed by atoms with Gasteiger partial charge in [0.2, 0.25) is 0 Å². The van der Waals surface area contributed by atoms with Gasteiger partial charge >= 0.3 is 6.09 Å². The first-order chi connectivity index (χ1) is 6.25. The number of hydrogen-bond donors (Lipinski definition) is 2. The summed E-state index contributed by atoms with van der Waals surface area (Å²) in [7, 11) is 0. The van der Waals surface area contributed by atoms with Crippen LogP contribution >= 0.6 is 0 Å². The highest BCUT2D eigenvalue weighted by molar-refractivity contribution is 5.86. The number of fused-ring (bicyclic) bond motifs is 1. The number of cyclic esters (lactones) is 1. The summed E-state index contributed by atoms with van der Waals surface area (Å²) < 4.78 is 4.83. The molecule has 4 heteroatoms. The van der Waals surface area contributed by atoms with Crippen LogP contribution < -0.4 is 11.1 Å². The average Bonchev–Trinajstić information content (AvgIpc) is 2.25. The molecule has 1 amide bonds. The molecule has 2 rings (SSSR count). The van der Waals surface area contributed by atoms with E-state index in [9.17, 15) is 4.79 Å². The lowest BCUT2D eigenvalue weighted by Gasteiger charge is -2.04. The molecule has 1 aromatic carbocycles. The zero-order valence-electron chi connectivity index (χ0n) is 7.04. The topological polar surface area (TPSA) is 64.3 Å². The molecule has 13 heavy (non-hydrogen) atoms. The van der Waals surface area contributed by atoms with E-state index in [2.05, 4.69) is 5.32 Å². The maximum atomic E-state index is 11.0. The fourth-order valence-corrected chi connectivity index (χ4v) is 1.34. The second-order valence-electron chi connectivity index (χ2n) is 2.93. The number of nitrogens with two attached hydrogens (primary N) is 1. The smallest absolute Gasteiger partial charge is 0.411 e. The minimum Gasteiger partial charge on any atom is -0.449 e. The van der Waals surface area contributed by atoms with Crippen molar-refractivity contribution in [2.75, 3.05) is 17.7 Å². The third-order valence-corrected chi connectivity index (χ3v) is 1.97. The molecule has 0 bridgehead atoms. The van der Waals surface area contributed by atoms with Crippen molar-refractivity contribution in [2.45, 2.75) is 6.42 Å². The molecular formula is C9H10N2O2. The number of nitrogens with one attached hydrogen (secondary N) is 1. The Labute approximate surface area is 75.7 Å². The molecule has 0 spiro atoms. The van der Waals surface area contributed by atoms with Gasteiger partial charge in [0.05, 0.1) is 6.61 Å². The van der Waals surface area contributed by atoms with E-state index in [4.69, 9.17) is 10.5 Å². The molecule has 3 N–H and O–H groups in total. The lowest BCUT2D eigenvalue weighted by atomic mass is 10.1. The lowest BCUT2D eigenvalue weighted by molar-refractivity contribution is 0.165. The van der Waals surface area contributed by atoms with Crippen molar-refractivity contribution in [3.05, 3.63) is 23.8 Å². The molecule has 0 saturated heterocycles. The Morgan fingerprint density at radius 2 is 2.31 bits per heavy atom. The normalized spacial score (nSPS) is 15.2. The Bertz CT molecular complexity index is 349. The summed E-state index contributed by atoms with van der Waals surface area (Å²) >= 11 is 0. The van der Waals surface area contributed by atoms with Gasteiger partial charge < -0.3 is 10.5 Å². The molecule has 0 radical (unpaired) electrons. The second-order valence-corrected chi connectivity index (χ2v) is 2.93. The van der Waals surface area contributed by atoms with Crippen LogP contribution in [0.1, 0.15) is 5.56 Å². The van der Waals surface area contributed by atoms with E-state index >= 15 is 0 Å². The molecular weight excluding hydrogens is 168 g/mol. The van der Waals surface area contributed by atoms with Crippen molar-refractivity contribution in [2.24, 2.45) is 0 Å². The number of benzene rings is 1. The summed E-state index contributed by atoms with van der Waals surface area (Å²) in [5.74, 6) is 0. The van der Waals surface area contributed by atoms with Gasteiger partial charge in [-0.3, -0.25) is 5.32 Å². The van der Waals surface area contributed by atoms with Crippen LogP contribution in [0.15, 0.2) is 18.2 Å². The number of ether oxygens (including phenoxy) is 1. The van der Waals surface area contributed by atoms with E-state index in [-0.39, 0.29) is 0 Å². The van der Waals surface area contributed by atoms with Crippen molar-refractivity contribution < 1.29 is 9.53 Å². The predicted molar refractivity (Wildman–Crippen MR) is 49.5 cm³/mol. The van der Waals surface area contributed by atoms with Crippen LogP contribution in [-0.2, 0) is 11.2 Å². The van der Waals surface area contributed by atoms with Crippen molar-refractivity contribution in [3.8, 4) is 0 Å². The Morgan fingerprint density at radius 1 is 1.46 bits per heavy atom. The number of carbonyl (C=O) groups excluding carboxylic acids is 1. The predicted octanol–water partition coefficient (Wildman–Crippen LogP) is 1.37. The highest BCUT2D eigenvalue weighted by Gasteiger charge is 2.12. The van der Waals surface area contributed by atoms with Crippen LogP contribution in [0.5, 0.6) is 0 Å². The van der Waals surface area contributed by atoms with E-state index in [0.29, 0.717) is 18.7 Å². The van der Waals surface area contributed by atoms with Gasteiger partial charge in [-0.1, -0.05) is 0 Å². The molecule has 1 aliphatic rings. The first kappa shape index (κ1) is 7.91. The van der Waals surface area contributed by atoms with Gasteiger partial charge in [-0.25, -0.2) is 4.79 Å². The molecule has 0 aromatic heterocycles. The minimum absolute atomic E-state index is 0.400. The van der Waals surface area contributed by atoms with Crippen LogP contribution in [0.2, 0.25) is 0 Å². The average molecular weight is 178 g/mol. The third-order valence-electron chi connectivity index (χ3n) is 1.97. The van der Waals surface area contributed by atoms with Crippen LogP contribution in [-0.4, -0.2) is 12.7 Å². The highest BCUT2D eigenvalue weighted by atomic mass is 16.5. The number of amides is 1. The standard InChI is InChI=1S/C9H10N2O2/c10-7-1-2-8-6(5-7)3-4-13-9(12)11-8/h1-2,5H,3-4,10H2,(H,11,12). The summed E-state index contributed by atoms with van der Waals surface area (Å²) in [6.07, 6.45) is 0.308. The first-order valence-corrected chi connectivity index (χ1v) is 4.08. The summed E-state index contributed by atoms with van der Waals surface area (Å²) in [4.78, 5) is 11.0. The molecule has 4 nitrogen and oxygen atoms in total. The van der Waals surface area contributed by atoms with Gasteiger partial charge in [0.15, 0.2) is 0 Å². The minimum atomic E-state index is -0.400. The Balaban J connectivity index is 2.40. The van der Waals surface area contributed by atoms with Gasteiger partial charge in [0, 0.05) is 17.8 Å². The third kappa shape index (κ3) is 1.56. The maximum absolute atomic E-state index is 11.0. The molecule has 0 unspecified atom stereocenters. The number of nitrogen functional groups attached to an aromatic ring is 1. The van der Waals surface area contributed by atoms with Crippen LogP contribution in [0.4, 0.5) is 16.2 Å². The Hall–Kier alpha value is -1.71.